The highest BCUT2D eigenvalue weighted by Crippen LogP contribution is 2.46. The zero-order chi connectivity index (χ0) is 10.5. The van der Waals surface area contributed by atoms with Crippen LogP contribution >= 0.6 is 0 Å². The fraction of sp³-hybridized carbons (Fsp3) is 0.500. The van der Waals surface area contributed by atoms with Crippen LogP contribution in [0, 0.1) is 0 Å². The van der Waals surface area contributed by atoms with Crippen molar-refractivity contribution in [1.82, 2.24) is 4.90 Å². The number of fused-ring (bicyclic) bond motifs is 2. The van der Waals surface area contributed by atoms with Gasteiger partial charge in [-0.15, -0.1) is 0 Å². The third-order valence-electron chi connectivity index (χ3n) is 3.76. The molecule has 15 heavy (non-hydrogen) atoms. The molecule has 1 unspecified atom stereocenters. The fourth-order valence-electron chi connectivity index (χ4n) is 2.96. The Labute approximate surface area is 89.7 Å². The summed E-state index contributed by atoms with van der Waals surface area (Å²) in [5, 5.41) is 13.1. The predicted octanol–water partition coefficient (Wildman–Crippen LogP) is 1.39. The van der Waals surface area contributed by atoms with Crippen LogP contribution in [0.25, 0.3) is 0 Å². The summed E-state index contributed by atoms with van der Waals surface area (Å²) in [7, 11) is 2.16. The van der Waals surface area contributed by atoms with Crippen molar-refractivity contribution in [3.63, 3.8) is 0 Å². The van der Waals surface area contributed by atoms with Gasteiger partial charge in [-0.1, -0.05) is 12.1 Å². The van der Waals surface area contributed by atoms with Gasteiger partial charge in [0.25, 0.3) is 0 Å². The number of nitrogens with zero attached hydrogens (tertiary/aromatic N) is 1. The molecule has 0 saturated carbocycles. The number of nitrogens with one attached hydrogen (secondary N) is 1. The number of phenolic OH excluding ortho intramolecular Hbond substituents is 1. The molecule has 2 aliphatic rings. The highest BCUT2D eigenvalue weighted by molar-refractivity contribution is 5.68. The molecule has 80 valence electrons. The number of anilines is 1. The van der Waals surface area contributed by atoms with E-state index < -0.39 is 0 Å². The molecule has 1 aromatic carbocycles. The number of para-hydroxylation sites is 1. The molecule has 2 aliphatic heterocycles. The van der Waals surface area contributed by atoms with Crippen molar-refractivity contribution < 1.29 is 5.11 Å². The molecule has 0 aliphatic carbocycles. The Morgan fingerprint density at radius 3 is 3.07 bits per heavy atom. The average Bonchev–Trinajstić information content (AvgIpc) is 2.75. The normalized spacial score (nSPS) is 29.4. The van der Waals surface area contributed by atoms with Crippen molar-refractivity contribution in [2.24, 2.45) is 0 Å². The van der Waals surface area contributed by atoms with Crippen LogP contribution in [0.1, 0.15) is 12.0 Å². The Morgan fingerprint density at radius 1 is 1.47 bits per heavy atom. The van der Waals surface area contributed by atoms with Crippen LogP contribution in [-0.4, -0.2) is 36.7 Å². The maximum absolute atomic E-state index is 9.76. The van der Waals surface area contributed by atoms with E-state index in [4.69, 9.17) is 0 Å². The molecule has 1 aromatic rings. The zero-order valence-corrected chi connectivity index (χ0v) is 8.95. The Kier molecular flexibility index (Phi) is 1.74. The number of rotatable bonds is 0. The second-order valence-corrected chi connectivity index (χ2v) is 4.82. The van der Waals surface area contributed by atoms with Gasteiger partial charge in [0.2, 0.25) is 0 Å². The SMILES string of the molecule is CN1CCC2(CNc3c(O)cccc32)C1. The molecule has 3 heteroatoms. The van der Waals surface area contributed by atoms with Gasteiger partial charge < -0.3 is 15.3 Å². The highest BCUT2D eigenvalue weighted by Gasteiger charge is 2.43. The molecule has 0 amide bonds. The standard InChI is InChI=1S/C12H16N2O/c1-14-6-5-12(8-14)7-13-11-9(12)3-2-4-10(11)15/h2-4,13,15H,5-8H2,1H3. The zero-order valence-electron chi connectivity index (χ0n) is 8.95. The number of hydrogen-bond acceptors (Lipinski definition) is 3. The van der Waals surface area contributed by atoms with Gasteiger partial charge in [0.15, 0.2) is 0 Å². The molecule has 0 radical (unpaired) electrons. The first-order chi connectivity index (χ1) is 7.21. The van der Waals surface area contributed by atoms with Crippen LogP contribution < -0.4 is 5.32 Å². The lowest BCUT2D eigenvalue weighted by atomic mass is 9.81. The fourth-order valence-corrected chi connectivity index (χ4v) is 2.96. The molecule has 2 heterocycles. The first-order valence-electron chi connectivity index (χ1n) is 5.46. The molecule has 0 bridgehead atoms. The van der Waals surface area contributed by atoms with Crippen molar-refractivity contribution in [1.29, 1.82) is 0 Å². The van der Waals surface area contributed by atoms with E-state index >= 15 is 0 Å². The molecule has 1 atom stereocenters. The van der Waals surface area contributed by atoms with Crippen LogP contribution in [0.4, 0.5) is 5.69 Å². The van der Waals surface area contributed by atoms with E-state index in [0.29, 0.717) is 5.75 Å². The summed E-state index contributed by atoms with van der Waals surface area (Å²) in [6.07, 6.45) is 1.19. The topological polar surface area (TPSA) is 35.5 Å². The highest BCUT2D eigenvalue weighted by atomic mass is 16.3. The van der Waals surface area contributed by atoms with E-state index in [1.807, 2.05) is 6.07 Å². The number of likely N-dealkylation sites (N-methyl/N-ethyl adjacent to an activating group) is 1. The van der Waals surface area contributed by atoms with Crippen LogP contribution in [0.3, 0.4) is 0 Å². The quantitative estimate of drug-likeness (QED) is 0.627. The summed E-state index contributed by atoms with van der Waals surface area (Å²) in [6, 6.07) is 5.85. The Balaban J connectivity index is 2.08. The molecule has 2 N–H and O–H groups in total. The molecule has 0 aromatic heterocycles. The van der Waals surface area contributed by atoms with Gasteiger partial charge in [-0.05, 0) is 31.6 Å². The number of aromatic hydroxyl groups is 1. The minimum absolute atomic E-state index is 0.239. The van der Waals surface area contributed by atoms with E-state index in [1.54, 1.807) is 6.07 Å². The smallest absolute Gasteiger partial charge is 0.138 e. The second kappa shape index (κ2) is 2.89. The second-order valence-electron chi connectivity index (χ2n) is 4.82. The van der Waals surface area contributed by atoms with Gasteiger partial charge in [-0.3, -0.25) is 0 Å². The number of likely N-dealkylation sites (tertiary alicyclic amines) is 1. The monoisotopic (exact) mass is 204 g/mol. The van der Waals surface area contributed by atoms with Crippen LogP contribution in [0.5, 0.6) is 5.75 Å². The van der Waals surface area contributed by atoms with Gasteiger partial charge in [-0.25, -0.2) is 0 Å². The van der Waals surface area contributed by atoms with Gasteiger partial charge in [-0.2, -0.15) is 0 Å². The molecule has 3 nitrogen and oxygen atoms in total. The van der Waals surface area contributed by atoms with Crippen LogP contribution in [-0.2, 0) is 5.41 Å². The predicted molar refractivity (Wildman–Crippen MR) is 60.4 cm³/mol. The summed E-state index contributed by atoms with van der Waals surface area (Å²) in [5.41, 5.74) is 2.49. The number of hydrogen-bond donors (Lipinski definition) is 2. The molecular weight excluding hydrogens is 188 g/mol. The van der Waals surface area contributed by atoms with E-state index in [9.17, 15) is 5.11 Å². The van der Waals surface area contributed by atoms with Gasteiger partial charge in [0.05, 0.1) is 5.69 Å². The van der Waals surface area contributed by atoms with Crippen molar-refractivity contribution >= 4 is 5.69 Å². The molecular formula is C12H16N2O. The average molecular weight is 204 g/mol. The molecule has 1 fully saturated rings. The lowest BCUT2D eigenvalue weighted by molar-refractivity contribution is 0.381. The van der Waals surface area contributed by atoms with Crippen LogP contribution in [0.15, 0.2) is 18.2 Å². The Hall–Kier alpha value is -1.22. The van der Waals surface area contributed by atoms with E-state index in [-0.39, 0.29) is 5.41 Å². The summed E-state index contributed by atoms with van der Waals surface area (Å²) in [4.78, 5) is 2.36. The number of benzene rings is 1. The van der Waals surface area contributed by atoms with Crippen molar-refractivity contribution in [2.45, 2.75) is 11.8 Å². The minimum atomic E-state index is 0.239. The van der Waals surface area contributed by atoms with E-state index in [2.05, 4.69) is 23.3 Å². The Bertz CT molecular complexity index is 405. The summed E-state index contributed by atoms with van der Waals surface area (Å²) in [5.74, 6) is 0.388. The lowest BCUT2D eigenvalue weighted by Gasteiger charge is -2.22. The summed E-state index contributed by atoms with van der Waals surface area (Å²) < 4.78 is 0. The molecule has 3 rings (SSSR count). The number of phenols is 1. The maximum Gasteiger partial charge on any atom is 0.138 e. The van der Waals surface area contributed by atoms with Crippen molar-refractivity contribution in [3.05, 3.63) is 23.8 Å². The lowest BCUT2D eigenvalue weighted by Crippen LogP contribution is -2.31. The maximum atomic E-state index is 9.76. The molecule has 1 saturated heterocycles. The Morgan fingerprint density at radius 2 is 2.33 bits per heavy atom. The van der Waals surface area contributed by atoms with Gasteiger partial charge in [0, 0.05) is 18.5 Å². The van der Waals surface area contributed by atoms with E-state index in [1.165, 1.54) is 12.0 Å². The largest absolute Gasteiger partial charge is 0.506 e. The van der Waals surface area contributed by atoms with Crippen molar-refractivity contribution in [2.75, 3.05) is 32.0 Å². The first-order valence-corrected chi connectivity index (χ1v) is 5.46. The summed E-state index contributed by atoms with van der Waals surface area (Å²) in [6.45, 7) is 3.21. The van der Waals surface area contributed by atoms with Gasteiger partial charge >= 0.3 is 0 Å². The summed E-state index contributed by atoms with van der Waals surface area (Å²) >= 11 is 0. The van der Waals surface area contributed by atoms with Gasteiger partial charge in [0.1, 0.15) is 5.75 Å². The molecule has 1 spiro atoms. The third-order valence-corrected chi connectivity index (χ3v) is 3.76. The van der Waals surface area contributed by atoms with E-state index in [0.717, 1.165) is 25.3 Å². The minimum Gasteiger partial charge on any atom is -0.506 e. The first kappa shape index (κ1) is 9.04. The third kappa shape index (κ3) is 1.16. The van der Waals surface area contributed by atoms with Crippen molar-refractivity contribution in [3.8, 4) is 5.75 Å². The van der Waals surface area contributed by atoms with Crippen LogP contribution in [0.2, 0.25) is 0 Å².